The first-order valence-corrected chi connectivity index (χ1v) is 11.6. The molecule has 0 fully saturated rings. The lowest BCUT2D eigenvalue weighted by atomic mass is 9.96. The summed E-state index contributed by atoms with van der Waals surface area (Å²) >= 11 is 0. The van der Waals surface area contributed by atoms with Crippen LogP contribution in [0.4, 0.5) is 5.69 Å². The second kappa shape index (κ2) is 10.5. The number of hydrogen-bond acceptors (Lipinski definition) is 2. The van der Waals surface area contributed by atoms with Crippen LogP contribution in [-0.4, -0.2) is 33.1 Å². The maximum atomic E-state index is 12.6. The summed E-state index contributed by atoms with van der Waals surface area (Å²) < 4.78 is 0. The van der Waals surface area contributed by atoms with Gasteiger partial charge in [-0.25, -0.2) is 0 Å². The molecule has 3 aromatic rings. The summed E-state index contributed by atoms with van der Waals surface area (Å²) in [4.78, 5) is 16.3. The maximum absolute atomic E-state index is 12.6. The maximum Gasteiger partial charge on any atom is 0.220 e. The normalized spacial score (nSPS) is 16.1. The smallest absolute Gasteiger partial charge is 0.220 e. The predicted molar refractivity (Wildman–Crippen MR) is 131 cm³/mol. The summed E-state index contributed by atoms with van der Waals surface area (Å²) in [6.07, 6.45) is 2.38. The zero-order valence-electron chi connectivity index (χ0n) is 19.2. The number of carbonyl (C=O) groups is 1. The fraction of sp³-hybridized carbons (Fsp3) is 0.321. The number of fused-ring (bicyclic) bond motifs is 1. The van der Waals surface area contributed by atoms with E-state index in [0.29, 0.717) is 13.0 Å². The Hall–Kier alpha value is -3.11. The van der Waals surface area contributed by atoms with E-state index in [2.05, 4.69) is 85.0 Å². The van der Waals surface area contributed by atoms with Gasteiger partial charge in [0.15, 0.2) is 0 Å². The van der Waals surface area contributed by atoms with Crippen molar-refractivity contribution in [1.82, 2.24) is 5.32 Å². The fourth-order valence-electron chi connectivity index (χ4n) is 4.61. The molecule has 166 valence electrons. The molecule has 1 aliphatic rings. The highest BCUT2D eigenvalue weighted by Gasteiger charge is 2.28. The van der Waals surface area contributed by atoms with Gasteiger partial charge >= 0.3 is 0 Å². The first kappa shape index (κ1) is 22.1. The molecule has 0 spiro atoms. The molecule has 1 heterocycles. The third-order valence-corrected chi connectivity index (χ3v) is 6.54. The van der Waals surface area contributed by atoms with E-state index >= 15 is 0 Å². The average Bonchev–Trinajstić information content (AvgIpc) is 2.83. The first-order valence-electron chi connectivity index (χ1n) is 11.6. The molecule has 0 saturated carbocycles. The molecular weight excluding hydrogens is 394 g/mol. The second-order valence-corrected chi connectivity index (χ2v) is 8.93. The summed E-state index contributed by atoms with van der Waals surface area (Å²) in [5, 5.41) is 3.24. The Bertz CT molecular complexity index is 1010. The van der Waals surface area contributed by atoms with Crippen LogP contribution >= 0.6 is 0 Å². The third-order valence-electron chi connectivity index (χ3n) is 6.54. The second-order valence-electron chi connectivity index (χ2n) is 8.93. The minimum absolute atomic E-state index is 0.126. The molecule has 0 aliphatic carbocycles. The molecule has 4 nitrogen and oxygen atoms in total. The van der Waals surface area contributed by atoms with Crippen LogP contribution in [-0.2, 0) is 24.2 Å². The summed E-state index contributed by atoms with van der Waals surface area (Å²) in [5.41, 5.74) is 6.58. The molecule has 3 aromatic carbocycles. The number of benzene rings is 3. The van der Waals surface area contributed by atoms with Gasteiger partial charge in [-0.3, -0.25) is 4.79 Å². The molecular formula is C28H34N3O+. The lowest BCUT2D eigenvalue weighted by molar-refractivity contribution is -0.945. The van der Waals surface area contributed by atoms with Gasteiger partial charge in [0, 0.05) is 43.8 Å². The Morgan fingerprint density at radius 2 is 1.62 bits per heavy atom. The molecule has 1 unspecified atom stereocenters. The number of rotatable bonds is 8. The minimum atomic E-state index is 0.126. The van der Waals surface area contributed by atoms with E-state index < -0.39 is 0 Å². The molecule has 32 heavy (non-hydrogen) atoms. The number of aryl methyl sites for hydroxylation is 1. The van der Waals surface area contributed by atoms with Crippen LogP contribution < -0.4 is 15.1 Å². The van der Waals surface area contributed by atoms with Crippen LogP contribution in [0.15, 0.2) is 78.9 Å². The predicted octanol–water partition coefficient (Wildman–Crippen LogP) is 3.18. The highest BCUT2D eigenvalue weighted by Crippen LogP contribution is 2.18. The minimum Gasteiger partial charge on any atom is -0.378 e. The summed E-state index contributed by atoms with van der Waals surface area (Å²) in [7, 11) is 4.12. The molecule has 4 rings (SSSR count). The van der Waals surface area contributed by atoms with E-state index in [1.165, 1.54) is 32.8 Å². The van der Waals surface area contributed by atoms with Gasteiger partial charge in [-0.15, -0.1) is 0 Å². The largest absolute Gasteiger partial charge is 0.378 e. The topological polar surface area (TPSA) is 36.8 Å². The quantitative estimate of drug-likeness (QED) is 0.578. The highest BCUT2D eigenvalue weighted by atomic mass is 16.1. The summed E-state index contributed by atoms with van der Waals surface area (Å²) in [6, 6.07) is 28.0. The van der Waals surface area contributed by atoms with Gasteiger partial charge in [-0.1, -0.05) is 66.7 Å². The third kappa shape index (κ3) is 5.57. The van der Waals surface area contributed by atoms with Gasteiger partial charge in [0.1, 0.15) is 12.6 Å². The van der Waals surface area contributed by atoms with Crippen LogP contribution in [0.1, 0.15) is 34.7 Å². The van der Waals surface area contributed by atoms with Crippen LogP contribution in [0.3, 0.4) is 0 Å². The summed E-state index contributed by atoms with van der Waals surface area (Å²) in [6.45, 7) is 2.74. The van der Waals surface area contributed by atoms with Crippen LogP contribution in [0.5, 0.6) is 0 Å². The SMILES string of the molecule is CN(C)c1ccc([C@H](CNC(=O)CCc2ccccc2)[NH+]2CCc3ccccc3C2)cc1. The van der Waals surface area contributed by atoms with Gasteiger partial charge < -0.3 is 15.1 Å². The van der Waals surface area contributed by atoms with Crippen molar-refractivity contribution in [3.8, 4) is 0 Å². The number of nitrogens with one attached hydrogen (secondary N) is 2. The van der Waals surface area contributed by atoms with Crippen molar-refractivity contribution in [3.05, 3.63) is 101 Å². The number of quaternary nitrogens is 1. The van der Waals surface area contributed by atoms with Crippen LogP contribution in [0.2, 0.25) is 0 Å². The van der Waals surface area contributed by atoms with Crippen LogP contribution in [0, 0.1) is 0 Å². The standard InChI is InChI=1S/C28H33N3O/c1-30(2)26-15-13-24(14-16-26)27(31-19-18-23-10-6-7-11-25(23)21-31)20-29-28(32)17-12-22-8-4-3-5-9-22/h3-11,13-16,27H,12,17-21H2,1-2H3,(H,29,32)/p+1/t27-/m0/s1. The van der Waals surface area contributed by atoms with Crippen LogP contribution in [0.25, 0.3) is 0 Å². The van der Waals surface area contributed by atoms with Gasteiger partial charge in [-0.05, 0) is 29.7 Å². The number of carbonyl (C=O) groups excluding carboxylic acids is 1. The van der Waals surface area contributed by atoms with E-state index in [-0.39, 0.29) is 11.9 Å². The molecule has 0 saturated heterocycles. The van der Waals surface area contributed by atoms with Gasteiger partial charge in [0.25, 0.3) is 0 Å². The number of anilines is 1. The van der Waals surface area contributed by atoms with Crippen molar-refractivity contribution in [2.45, 2.75) is 31.8 Å². The Balaban J connectivity index is 1.45. The molecule has 2 N–H and O–H groups in total. The zero-order chi connectivity index (χ0) is 22.3. The number of hydrogen-bond donors (Lipinski definition) is 2. The molecule has 4 heteroatoms. The Kier molecular flexibility index (Phi) is 7.23. The van der Waals surface area contributed by atoms with Gasteiger partial charge in [0.05, 0.1) is 13.1 Å². The molecule has 0 bridgehead atoms. The fourth-order valence-corrected chi connectivity index (χ4v) is 4.61. The lowest BCUT2D eigenvalue weighted by Crippen LogP contribution is -3.12. The summed E-state index contributed by atoms with van der Waals surface area (Å²) in [5.74, 6) is 0.126. The van der Waals surface area contributed by atoms with Crippen molar-refractivity contribution in [3.63, 3.8) is 0 Å². The van der Waals surface area contributed by atoms with E-state index in [1.54, 1.807) is 0 Å². The Morgan fingerprint density at radius 3 is 2.34 bits per heavy atom. The monoisotopic (exact) mass is 428 g/mol. The van der Waals surface area contributed by atoms with Gasteiger partial charge in [-0.2, -0.15) is 0 Å². The van der Waals surface area contributed by atoms with Crippen molar-refractivity contribution >= 4 is 11.6 Å². The first-order chi connectivity index (χ1) is 15.6. The molecule has 1 aliphatic heterocycles. The Morgan fingerprint density at radius 1 is 0.938 bits per heavy atom. The van der Waals surface area contributed by atoms with Gasteiger partial charge in [0.2, 0.25) is 5.91 Å². The molecule has 0 aromatic heterocycles. The van der Waals surface area contributed by atoms with E-state index in [0.717, 1.165) is 25.9 Å². The number of amides is 1. The highest BCUT2D eigenvalue weighted by molar-refractivity contribution is 5.76. The van der Waals surface area contributed by atoms with Crippen molar-refractivity contribution < 1.29 is 9.69 Å². The van der Waals surface area contributed by atoms with E-state index in [1.807, 2.05) is 18.2 Å². The molecule has 2 atom stereocenters. The van der Waals surface area contributed by atoms with Crippen molar-refractivity contribution in [2.24, 2.45) is 0 Å². The molecule has 1 amide bonds. The average molecular weight is 429 g/mol. The van der Waals surface area contributed by atoms with Crippen molar-refractivity contribution in [1.29, 1.82) is 0 Å². The number of nitrogens with zero attached hydrogens (tertiary/aromatic N) is 1. The van der Waals surface area contributed by atoms with E-state index in [4.69, 9.17) is 0 Å². The van der Waals surface area contributed by atoms with Crippen molar-refractivity contribution in [2.75, 3.05) is 32.1 Å². The lowest BCUT2D eigenvalue weighted by Gasteiger charge is -2.33. The van der Waals surface area contributed by atoms with E-state index in [9.17, 15) is 4.79 Å². The Labute approximate surface area is 191 Å². The zero-order valence-corrected chi connectivity index (χ0v) is 19.2. The molecule has 0 radical (unpaired) electrons.